The summed E-state index contributed by atoms with van der Waals surface area (Å²) < 4.78 is 78.7. The van der Waals surface area contributed by atoms with E-state index in [2.05, 4.69) is 25.1 Å². The molecule has 4 rings (SSSR count). The van der Waals surface area contributed by atoms with Gasteiger partial charge in [-0.15, -0.1) is 0 Å². The van der Waals surface area contributed by atoms with Gasteiger partial charge in [-0.1, -0.05) is 12.1 Å². The van der Waals surface area contributed by atoms with E-state index in [1.807, 2.05) is 0 Å². The zero-order chi connectivity index (χ0) is 23.8. The van der Waals surface area contributed by atoms with Gasteiger partial charge in [-0.2, -0.15) is 26.3 Å². The van der Waals surface area contributed by atoms with E-state index in [-0.39, 0.29) is 22.8 Å². The SMILES string of the molecule is [C-]#[N+]c1cnc(-c2ccc3c(Nc4ccc(C(F)(F)F)cn4)ccnc3c2)c(C(F)(F)F)c1. The first-order chi connectivity index (χ1) is 15.6. The summed E-state index contributed by atoms with van der Waals surface area (Å²) in [4.78, 5) is 14.8. The van der Waals surface area contributed by atoms with E-state index in [0.717, 1.165) is 18.3 Å². The van der Waals surface area contributed by atoms with Crippen LogP contribution in [-0.2, 0) is 12.4 Å². The maximum absolute atomic E-state index is 13.5. The second-order valence-corrected chi connectivity index (χ2v) is 6.84. The first-order valence-electron chi connectivity index (χ1n) is 9.20. The quantitative estimate of drug-likeness (QED) is 0.264. The predicted octanol–water partition coefficient (Wildman–Crippen LogP) is 7.02. The Labute approximate surface area is 182 Å². The number of alkyl halides is 6. The molecule has 4 aromatic rings. The number of nitrogens with zero attached hydrogens (tertiary/aromatic N) is 4. The van der Waals surface area contributed by atoms with Gasteiger partial charge in [-0.3, -0.25) is 9.97 Å². The summed E-state index contributed by atoms with van der Waals surface area (Å²) in [5, 5.41) is 3.40. The Kier molecular flexibility index (Phi) is 5.37. The summed E-state index contributed by atoms with van der Waals surface area (Å²) in [5.41, 5.74) is -1.60. The monoisotopic (exact) mass is 459 g/mol. The molecule has 1 N–H and O–H groups in total. The molecule has 3 aromatic heterocycles. The summed E-state index contributed by atoms with van der Waals surface area (Å²) in [7, 11) is 0. The summed E-state index contributed by atoms with van der Waals surface area (Å²) >= 11 is 0. The van der Waals surface area contributed by atoms with Gasteiger partial charge in [0.25, 0.3) is 0 Å². The number of hydrogen-bond donors (Lipinski definition) is 1. The molecular formula is C22H11F6N5. The van der Waals surface area contributed by atoms with Crippen LogP contribution >= 0.6 is 0 Å². The van der Waals surface area contributed by atoms with Crippen LogP contribution in [0.4, 0.5) is 43.5 Å². The minimum atomic E-state index is -4.72. The Balaban J connectivity index is 1.72. The first kappa shape index (κ1) is 22.0. The largest absolute Gasteiger partial charge is 0.417 e. The Morgan fingerprint density at radius 2 is 1.61 bits per heavy atom. The van der Waals surface area contributed by atoms with Crippen LogP contribution in [-0.4, -0.2) is 15.0 Å². The Bertz CT molecular complexity index is 1370. The molecule has 0 fully saturated rings. The zero-order valence-corrected chi connectivity index (χ0v) is 16.3. The molecule has 0 bridgehead atoms. The third-order valence-corrected chi connectivity index (χ3v) is 4.68. The molecule has 11 heteroatoms. The van der Waals surface area contributed by atoms with Crippen molar-refractivity contribution in [3.8, 4) is 11.3 Å². The highest BCUT2D eigenvalue weighted by molar-refractivity contribution is 5.95. The van der Waals surface area contributed by atoms with Crippen molar-refractivity contribution in [3.05, 3.63) is 83.6 Å². The highest BCUT2D eigenvalue weighted by Crippen LogP contribution is 2.39. The number of rotatable bonds is 3. The molecule has 5 nitrogen and oxygen atoms in total. The van der Waals surface area contributed by atoms with Crippen LogP contribution in [0.5, 0.6) is 0 Å². The predicted molar refractivity (Wildman–Crippen MR) is 109 cm³/mol. The van der Waals surface area contributed by atoms with Crippen LogP contribution in [0.15, 0.2) is 61.1 Å². The average Bonchev–Trinajstić information content (AvgIpc) is 2.77. The van der Waals surface area contributed by atoms with Gasteiger partial charge < -0.3 is 5.32 Å². The lowest BCUT2D eigenvalue weighted by Crippen LogP contribution is -2.08. The van der Waals surface area contributed by atoms with Crippen molar-refractivity contribution in [3.63, 3.8) is 0 Å². The molecule has 1 aromatic carbocycles. The van der Waals surface area contributed by atoms with Gasteiger partial charge in [0, 0.05) is 29.5 Å². The van der Waals surface area contributed by atoms with Gasteiger partial charge in [-0.05, 0) is 30.3 Å². The number of fused-ring (bicyclic) bond motifs is 1. The van der Waals surface area contributed by atoms with E-state index < -0.39 is 23.5 Å². The van der Waals surface area contributed by atoms with Crippen LogP contribution in [0.2, 0.25) is 0 Å². The van der Waals surface area contributed by atoms with Gasteiger partial charge in [-0.25, -0.2) is 9.83 Å². The first-order valence-corrected chi connectivity index (χ1v) is 9.20. The molecule has 0 spiro atoms. The summed E-state index contributed by atoms with van der Waals surface area (Å²) in [6, 6.07) is 8.71. The van der Waals surface area contributed by atoms with Crippen LogP contribution in [0.25, 0.3) is 27.0 Å². The molecule has 0 atom stereocenters. The molecule has 0 unspecified atom stereocenters. The number of halogens is 6. The molecule has 33 heavy (non-hydrogen) atoms. The minimum Gasteiger partial charge on any atom is -0.340 e. The van der Waals surface area contributed by atoms with E-state index in [0.29, 0.717) is 22.8 Å². The van der Waals surface area contributed by atoms with Crippen LogP contribution < -0.4 is 5.32 Å². The standard InChI is InChI=1S/C22H11F6N5/c1-29-14-9-16(22(26,27)28)20(32-11-14)12-2-4-15-17(6-7-30-18(15)8-12)33-19-5-3-13(10-31-19)21(23,24)25/h2-11H,(H,30,31,33). The van der Waals surface area contributed by atoms with Crippen LogP contribution in [0, 0.1) is 6.57 Å². The Morgan fingerprint density at radius 3 is 2.24 bits per heavy atom. The lowest BCUT2D eigenvalue weighted by atomic mass is 10.0. The topological polar surface area (TPSA) is 55.1 Å². The van der Waals surface area contributed by atoms with E-state index in [4.69, 9.17) is 6.57 Å². The Morgan fingerprint density at radius 1 is 0.818 bits per heavy atom. The second kappa shape index (κ2) is 8.05. The third-order valence-electron chi connectivity index (χ3n) is 4.68. The third kappa shape index (κ3) is 4.55. The normalized spacial score (nSPS) is 11.9. The molecule has 3 heterocycles. The highest BCUT2D eigenvalue weighted by atomic mass is 19.4. The van der Waals surface area contributed by atoms with E-state index >= 15 is 0 Å². The van der Waals surface area contributed by atoms with Crippen molar-refractivity contribution < 1.29 is 26.3 Å². The highest BCUT2D eigenvalue weighted by Gasteiger charge is 2.35. The fourth-order valence-corrected chi connectivity index (χ4v) is 3.14. The maximum atomic E-state index is 13.5. The second-order valence-electron chi connectivity index (χ2n) is 6.84. The molecule has 0 saturated carbocycles. The number of aromatic nitrogens is 3. The number of hydrogen-bond acceptors (Lipinski definition) is 4. The average molecular weight is 459 g/mol. The van der Waals surface area contributed by atoms with Crippen molar-refractivity contribution in [1.82, 2.24) is 15.0 Å². The Hall–Kier alpha value is -4.20. The minimum absolute atomic E-state index is 0.142. The lowest BCUT2D eigenvalue weighted by Gasteiger charge is -2.14. The number of benzene rings is 1. The number of anilines is 2. The molecule has 0 amide bonds. The summed E-state index contributed by atoms with van der Waals surface area (Å²) in [6.45, 7) is 6.93. The van der Waals surface area contributed by atoms with Gasteiger partial charge in [0.1, 0.15) is 5.82 Å². The van der Waals surface area contributed by atoms with Gasteiger partial charge in [0.05, 0.1) is 34.6 Å². The van der Waals surface area contributed by atoms with E-state index in [9.17, 15) is 26.3 Å². The maximum Gasteiger partial charge on any atom is 0.417 e. The lowest BCUT2D eigenvalue weighted by molar-refractivity contribution is -0.138. The molecule has 0 aliphatic rings. The fraction of sp³-hybridized carbons (Fsp3) is 0.0909. The van der Waals surface area contributed by atoms with E-state index in [1.54, 1.807) is 6.07 Å². The number of nitrogens with one attached hydrogen (secondary N) is 1. The fourth-order valence-electron chi connectivity index (χ4n) is 3.14. The number of pyridine rings is 3. The smallest absolute Gasteiger partial charge is 0.340 e. The molecule has 0 radical (unpaired) electrons. The molecule has 0 saturated heterocycles. The van der Waals surface area contributed by atoms with Crippen molar-refractivity contribution in [1.29, 1.82) is 0 Å². The van der Waals surface area contributed by atoms with Crippen molar-refractivity contribution in [2.45, 2.75) is 12.4 Å². The van der Waals surface area contributed by atoms with Gasteiger partial charge in [0.15, 0.2) is 0 Å². The van der Waals surface area contributed by atoms with Crippen LogP contribution in [0.1, 0.15) is 11.1 Å². The molecule has 166 valence electrons. The van der Waals surface area contributed by atoms with Crippen molar-refractivity contribution in [2.24, 2.45) is 0 Å². The molecule has 0 aliphatic heterocycles. The van der Waals surface area contributed by atoms with Crippen LogP contribution in [0.3, 0.4) is 0 Å². The van der Waals surface area contributed by atoms with Crippen molar-refractivity contribution in [2.75, 3.05) is 5.32 Å². The van der Waals surface area contributed by atoms with E-state index in [1.165, 1.54) is 30.5 Å². The zero-order valence-electron chi connectivity index (χ0n) is 16.3. The summed E-state index contributed by atoms with van der Waals surface area (Å²) in [5.74, 6) is 0.148. The van der Waals surface area contributed by atoms with Gasteiger partial charge >= 0.3 is 12.4 Å². The molecule has 0 aliphatic carbocycles. The van der Waals surface area contributed by atoms with Gasteiger partial charge in [0.2, 0.25) is 5.69 Å². The summed E-state index contributed by atoms with van der Waals surface area (Å²) in [6.07, 6.45) is -6.08. The van der Waals surface area contributed by atoms with Crippen molar-refractivity contribution >= 4 is 28.1 Å². The molecular weight excluding hydrogens is 448 g/mol.